The van der Waals surface area contributed by atoms with Crippen LogP contribution in [0.4, 0.5) is 11.4 Å². The van der Waals surface area contributed by atoms with Crippen LogP contribution in [-0.2, 0) is 16.9 Å². The molecule has 1 aromatic carbocycles. The molecule has 2 heterocycles. The molecule has 4 saturated carbocycles. The Labute approximate surface area is 233 Å². The summed E-state index contributed by atoms with van der Waals surface area (Å²) >= 11 is 0. The van der Waals surface area contributed by atoms with E-state index in [1.807, 2.05) is 42.9 Å². The molecule has 4 fully saturated rings. The number of carbonyl (C=O) groups excluding carboxylic acids is 1. The first kappa shape index (κ1) is 26.3. The van der Waals surface area contributed by atoms with Crippen molar-refractivity contribution in [3.63, 3.8) is 0 Å². The van der Waals surface area contributed by atoms with E-state index in [4.69, 9.17) is 9.47 Å². The maximum absolute atomic E-state index is 13.3. The van der Waals surface area contributed by atoms with Crippen molar-refractivity contribution >= 4 is 17.3 Å². The molecule has 2 atom stereocenters. The zero-order chi connectivity index (χ0) is 27.9. The zero-order valence-corrected chi connectivity index (χ0v) is 23.0. The SMILES string of the molecule is CCOc1ccc(Cn2cc(NC(=O)CC34CC5CC(C3)CC(n3cc([N+](=O)[O-])cn3)(C5)C4)cn2)cc1OCC. The summed E-state index contributed by atoms with van der Waals surface area (Å²) in [7, 11) is 0. The van der Waals surface area contributed by atoms with Crippen LogP contribution >= 0.6 is 0 Å². The van der Waals surface area contributed by atoms with Crippen molar-refractivity contribution in [2.24, 2.45) is 17.3 Å². The van der Waals surface area contributed by atoms with E-state index in [2.05, 4.69) is 15.5 Å². The van der Waals surface area contributed by atoms with Gasteiger partial charge in [0, 0.05) is 12.6 Å². The lowest BCUT2D eigenvalue weighted by Gasteiger charge is -2.61. The summed E-state index contributed by atoms with van der Waals surface area (Å²) in [6.45, 7) is 5.54. The van der Waals surface area contributed by atoms with Gasteiger partial charge in [-0.15, -0.1) is 0 Å². The molecule has 11 nitrogen and oxygen atoms in total. The molecule has 7 rings (SSSR count). The molecule has 11 heteroatoms. The number of rotatable bonds is 11. The van der Waals surface area contributed by atoms with Crippen molar-refractivity contribution in [2.45, 2.75) is 70.9 Å². The lowest BCUT2D eigenvalue weighted by atomic mass is 9.46. The maximum Gasteiger partial charge on any atom is 0.307 e. The van der Waals surface area contributed by atoms with Crippen molar-refractivity contribution in [1.82, 2.24) is 19.6 Å². The predicted octanol–water partition coefficient (Wildman–Crippen LogP) is 5.16. The minimum Gasteiger partial charge on any atom is -0.490 e. The number of nitrogens with zero attached hydrogens (tertiary/aromatic N) is 5. The van der Waals surface area contributed by atoms with Gasteiger partial charge < -0.3 is 14.8 Å². The lowest BCUT2D eigenvalue weighted by molar-refractivity contribution is -0.385. The average Bonchev–Trinajstić information content (AvgIpc) is 3.55. The fourth-order valence-electron chi connectivity index (χ4n) is 7.99. The number of benzene rings is 1. The summed E-state index contributed by atoms with van der Waals surface area (Å²) in [5, 5.41) is 23.2. The van der Waals surface area contributed by atoms with Gasteiger partial charge in [-0.25, -0.2) is 0 Å². The molecular weight excluding hydrogens is 512 g/mol. The lowest BCUT2D eigenvalue weighted by Crippen LogP contribution is -2.57. The third kappa shape index (κ3) is 5.04. The van der Waals surface area contributed by atoms with Crippen LogP contribution in [0.25, 0.3) is 0 Å². The third-order valence-corrected chi connectivity index (χ3v) is 8.82. The number of hydrogen-bond donors (Lipinski definition) is 1. The van der Waals surface area contributed by atoms with Crippen molar-refractivity contribution < 1.29 is 19.2 Å². The summed E-state index contributed by atoms with van der Waals surface area (Å²) in [4.78, 5) is 24.2. The van der Waals surface area contributed by atoms with Gasteiger partial charge >= 0.3 is 5.69 Å². The van der Waals surface area contributed by atoms with Gasteiger partial charge in [0.05, 0.1) is 42.1 Å². The van der Waals surface area contributed by atoms with Crippen LogP contribution in [0.5, 0.6) is 11.5 Å². The van der Waals surface area contributed by atoms with E-state index < -0.39 is 0 Å². The number of nitro groups is 1. The number of carbonyl (C=O) groups is 1. The molecule has 1 N–H and O–H groups in total. The summed E-state index contributed by atoms with van der Waals surface area (Å²) < 4.78 is 15.0. The van der Waals surface area contributed by atoms with Gasteiger partial charge in [-0.3, -0.25) is 24.3 Å². The number of ether oxygens (including phenoxy) is 2. The molecule has 2 aromatic heterocycles. The zero-order valence-electron chi connectivity index (χ0n) is 23.0. The third-order valence-electron chi connectivity index (χ3n) is 8.82. The molecule has 0 spiro atoms. The maximum atomic E-state index is 13.3. The smallest absolute Gasteiger partial charge is 0.307 e. The summed E-state index contributed by atoms with van der Waals surface area (Å²) in [5.41, 5.74) is 1.37. The predicted molar refractivity (Wildman–Crippen MR) is 147 cm³/mol. The molecule has 4 aliphatic rings. The molecule has 0 radical (unpaired) electrons. The van der Waals surface area contributed by atoms with Crippen LogP contribution in [0, 0.1) is 27.4 Å². The fraction of sp³-hybridized carbons (Fsp3) is 0.552. The van der Waals surface area contributed by atoms with Gasteiger partial charge in [-0.1, -0.05) is 6.07 Å². The number of aromatic nitrogens is 4. The van der Waals surface area contributed by atoms with Crippen molar-refractivity contribution in [1.29, 1.82) is 0 Å². The highest BCUT2D eigenvalue weighted by molar-refractivity contribution is 5.91. The first-order valence-electron chi connectivity index (χ1n) is 14.2. The Bertz CT molecular complexity index is 1400. The molecule has 0 aliphatic heterocycles. The van der Waals surface area contributed by atoms with E-state index in [0.717, 1.165) is 43.4 Å². The Hall–Kier alpha value is -3.89. The fourth-order valence-corrected chi connectivity index (χ4v) is 7.99. The van der Waals surface area contributed by atoms with Crippen LogP contribution in [0.3, 0.4) is 0 Å². The molecule has 4 aliphatic carbocycles. The highest BCUT2D eigenvalue weighted by Crippen LogP contribution is 2.65. The minimum absolute atomic E-state index is 0.0113. The molecule has 0 saturated heterocycles. The van der Waals surface area contributed by atoms with E-state index in [1.54, 1.807) is 17.1 Å². The minimum atomic E-state index is -0.388. The highest BCUT2D eigenvalue weighted by Gasteiger charge is 2.59. The highest BCUT2D eigenvalue weighted by atomic mass is 16.6. The Morgan fingerprint density at radius 1 is 1.07 bits per heavy atom. The monoisotopic (exact) mass is 548 g/mol. The van der Waals surface area contributed by atoms with Crippen LogP contribution < -0.4 is 14.8 Å². The van der Waals surface area contributed by atoms with Crippen LogP contribution in [0.2, 0.25) is 0 Å². The Kier molecular flexibility index (Phi) is 6.75. The molecule has 3 aromatic rings. The van der Waals surface area contributed by atoms with Crippen LogP contribution in [-0.4, -0.2) is 43.6 Å². The van der Waals surface area contributed by atoms with E-state index >= 15 is 0 Å². The second-order valence-electron chi connectivity index (χ2n) is 11.9. The standard InChI is InChI=1S/C29H36N6O5/c1-3-39-25-6-5-20(8-26(25)40-4-2)16-33-17-23(14-30-33)32-27(36)13-28-9-21-7-22(10-28)12-29(11-21,19-28)34-18-24(15-31-34)35(37)38/h5-6,8,14-15,17-18,21-22H,3-4,7,9-13,16,19H2,1-2H3,(H,32,36). The summed E-state index contributed by atoms with van der Waals surface area (Å²) in [5.74, 6) is 2.47. The molecule has 1 amide bonds. The first-order chi connectivity index (χ1) is 19.3. The number of amides is 1. The molecule has 40 heavy (non-hydrogen) atoms. The quantitative estimate of drug-likeness (QED) is 0.259. The largest absolute Gasteiger partial charge is 0.490 e. The molecule has 4 bridgehead atoms. The van der Waals surface area contributed by atoms with Gasteiger partial charge in [-0.2, -0.15) is 10.2 Å². The normalized spacial score (nSPS) is 26.6. The van der Waals surface area contributed by atoms with E-state index in [0.29, 0.717) is 49.5 Å². The summed E-state index contributed by atoms with van der Waals surface area (Å²) in [6, 6.07) is 5.87. The van der Waals surface area contributed by atoms with E-state index in [9.17, 15) is 14.9 Å². The Morgan fingerprint density at radius 2 is 1.82 bits per heavy atom. The van der Waals surface area contributed by atoms with Crippen molar-refractivity contribution in [2.75, 3.05) is 18.5 Å². The Morgan fingerprint density at radius 3 is 2.52 bits per heavy atom. The number of anilines is 1. The van der Waals surface area contributed by atoms with Gasteiger partial charge in [-0.05, 0) is 87.3 Å². The molecule has 2 unspecified atom stereocenters. The van der Waals surface area contributed by atoms with Gasteiger partial charge in [0.2, 0.25) is 5.91 Å². The molecular formula is C29H36N6O5. The van der Waals surface area contributed by atoms with Gasteiger partial charge in [0.25, 0.3) is 0 Å². The van der Waals surface area contributed by atoms with Crippen molar-refractivity contribution in [3.05, 3.63) is 58.7 Å². The molecule has 212 valence electrons. The second kappa shape index (κ2) is 10.3. The summed E-state index contributed by atoms with van der Waals surface area (Å²) in [6.07, 6.45) is 12.9. The van der Waals surface area contributed by atoms with Gasteiger partial charge in [0.15, 0.2) is 11.5 Å². The van der Waals surface area contributed by atoms with E-state index in [-0.39, 0.29) is 27.5 Å². The average molecular weight is 549 g/mol. The topological polar surface area (TPSA) is 126 Å². The van der Waals surface area contributed by atoms with Gasteiger partial charge in [0.1, 0.15) is 12.4 Å². The first-order valence-corrected chi connectivity index (χ1v) is 14.2. The van der Waals surface area contributed by atoms with E-state index in [1.165, 1.54) is 12.6 Å². The van der Waals surface area contributed by atoms with Crippen molar-refractivity contribution in [3.8, 4) is 11.5 Å². The number of hydrogen-bond acceptors (Lipinski definition) is 7. The number of nitrogens with one attached hydrogen (secondary N) is 1. The van der Waals surface area contributed by atoms with Crippen LogP contribution in [0.1, 0.15) is 64.4 Å². The second-order valence-corrected chi connectivity index (χ2v) is 11.9. The van der Waals surface area contributed by atoms with Crippen LogP contribution in [0.15, 0.2) is 43.0 Å². The Balaban J connectivity index is 1.12.